The molecule has 27 heavy (non-hydrogen) atoms. The number of ether oxygens (including phenoxy) is 3. The third-order valence-corrected chi connectivity index (χ3v) is 3.41. The highest BCUT2D eigenvalue weighted by atomic mass is 19.1. The Bertz CT molecular complexity index is 825. The molecule has 2 aromatic carbocycles. The van der Waals surface area contributed by atoms with E-state index < -0.39 is 5.97 Å². The number of carbonyl (C=O) groups is 2. The normalized spacial score (nSPS) is 10.5. The summed E-state index contributed by atoms with van der Waals surface area (Å²) >= 11 is 0. The third kappa shape index (κ3) is 5.81. The highest BCUT2D eigenvalue weighted by Crippen LogP contribution is 2.38. The average Bonchev–Trinajstić information content (AvgIpc) is 2.64. The number of hydrogen-bond acceptors (Lipinski definition) is 6. The molecule has 0 aromatic heterocycles. The Labute approximate surface area is 155 Å². The van der Waals surface area contributed by atoms with E-state index in [1.807, 2.05) is 0 Å². The van der Waals surface area contributed by atoms with E-state index in [-0.39, 0.29) is 35.4 Å². The Morgan fingerprint density at radius 1 is 1.11 bits per heavy atom. The molecule has 0 fully saturated rings. The van der Waals surface area contributed by atoms with Crippen LogP contribution in [0.2, 0.25) is 0 Å². The molecule has 0 atom stereocenters. The largest absolute Gasteiger partial charge is 0.493 e. The Morgan fingerprint density at radius 2 is 1.70 bits per heavy atom. The van der Waals surface area contributed by atoms with E-state index in [0.29, 0.717) is 11.1 Å². The number of rotatable bonds is 7. The second-order valence-electron chi connectivity index (χ2n) is 5.44. The van der Waals surface area contributed by atoms with Gasteiger partial charge in [0.1, 0.15) is 5.82 Å². The maximum Gasteiger partial charge on any atom is 0.308 e. The fraction of sp³-hybridized carbons (Fsp3) is 0.211. The second-order valence-corrected chi connectivity index (χ2v) is 5.44. The minimum atomic E-state index is -0.513. The molecule has 1 amide bonds. The zero-order valence-electron chi connectivity index (χ0n) is 15.1. The average molecular weight is 374 g/mol. The van der Waals surface area contributed by atoms with E-state index in [9.17, 15) is 14.0 Å². The first-order valence-corrected chi connectivity index (χ1v) is 7.93. The molecule has 0 saturated heterocycles. The van der Waals surface area contributed by atoms with Crippen molar-refractivity contribution in [3.63, 3.8) is 0 Å². The number of benzene rings is 2. The summed E-state index contributed by atoms with van der Waals surface area (Å²) in [6, 6.07) is 8.79. The molecule has 0 aliphatic carbocycles. The number of esters is 1. The molecular formula is C19H19FN2O5. The van der Waals surface area contributed by atoms with Crippen LogP contribution in [-0.2, 0) is 16.0 Å². The molecule has 0 spiro atoms. The molecule has 0 radical (unpaired) electrons. The van der Waals surface area contributed by atoms with E-state index in [1.165, 1.54) is 51.6 Å². The number of nitrogens with one attached hydrogen (secondary N) is 1. The van der Waals surface area contributed by atoms with Crippen LogP contribution in [0, 0.1) is 5.82 Å². The Balaban J connectivity index is 2.08. The van der Waals surface area contributed by atoms with Gasteiger partial charge in [-0.1, -0.05) is 12.1 Å². The number of hydrazone groups is 1. The third-order valence-electron chi connectivity index (χ3n) is 3.41. The van der Waals surface area contributed by atoms with Crippen molar-refractivity contribution >= 4 is 18.1 Å². The Hall–Kier alpha value is -3.42. The lowest BCUT2D eigenvalue weighted by Crippen LogP contribution is -2.19. The molecule has 7 nitrogen and oxygen atoms in total. The first kappa shape index (κ1) is 19.9. The summed E-state index contributed by atoms with van der Waals surface area (Å²) in [6.07, 6.45) is 1.46. The summed E-state index contributed by atoms with van der Waals surface area (Å²) in [5, 5.41) is 3.88. The van der Waals surface area contributed by atoms with Gasteiger partial charge in [-0.05, 0) is 29.8 Å². The van der Waals surface area contributed by atoms with E-state index in [0.717, 1.165) is 0 Å². The van der Waals surface area contributed by atoms with Gasteiger partial charge in [-0.25, -0.2) is 9.82 Å². The molecular weight excluding hydrogens is 355 g/mol. The van der Waals surface area contributed by atoms with Crippen LogP contribution in [0.25, 0.3) is 0 Å². The summed E-state index contributed by atoms with van der Waals surface area (Å²) in [7, 11) is 2.85. The van der Waals surface area contributed by atoms with Gasteiger partial charge in [0.05, 0.1) is 26.9 Å². The predicted octanol–water partition coefficient (Wildman–Crippen LogP) is 2.46. The van der Waals surface area contributed by atoms with Gasteiger partial charge in [0.25, 0.3) is 0 Å². The molecule has 0 aliphatic rings. The van der Waals surface area contributed by atoms with Gasteiger partial charge in [0.15, 0.2) is 11.5 Å². The lowest BCUT2D eigenvalue weighted by atomic mass is 10.1. The van der Waals surface area contributed by atoms with Crippen LogP contribution in [0.15, 0.2) is 41.5 Å². The van der Waals surface area contributed by atoms with Crippen molar-refractivity contribution in [3.8, 4) is 17.2 Å². The van der Waals surface area contributed by atoms with E-state index in [2.05, 4.69) is 10.5 Å². The fourth-order valence-electron chi connectivity index (χ4n) is 2.23. The number of amides is 1. The van der Waals surface area contributed by atoms with Crippen LogP contribution in [0.5, 0.6) is 17.2 Å². The molecule has 0 unspecified atom stereocenters. The first-order chi connectivity index (χ1) is 12.9. The maximum absolute atomic E-state index is 12.9. The monoisotopic (exact) mass is 374 g/mol. The van der Waals surface area contributed by atoms with Gasteiger partial charge < -0.3 is 14.2 Å². The zero-order chi connectivity index (χ0) is 19.8. The van der Waals surface area contributed by atoms with Crippen molar-refractivity contribution in [1.29, 1.82) is 0 Å². The highest BCUT2D eigenvalue weighted by molar-refractivity contribution is 5.85. The van der Waals surface area contributed by atoms with Gasteiger partial charge in [-0.3, -0.25) is 9.59 Å². The van der Waals surface area contributed by atoms with Gasteiger partial charge in [0.2, 0.25) is 11.7 Å². The van der Waals surface area contributed by atoms with Crippen molar-refractivity contribution < 1.29 is 28.2 Å². The minimum Gasteiger partial charge on any atom is -0.493 e. The lowest BCUT2D eigenvalue weighted by Gasteiger charge is -2.13. The summed E-state index contributed by atoms with van der Waals surface area (Å²) in [5.74, 6) is -0.510. The Morgan fingerprint density at radius 3 is 2.22 bits per heavy atom. The number of nitrogens with zero attached hydrogens (tertiary/aromatic N) is 1. The van der Waals surface area contributed by atoms with Crippen LogP contribution >= 0.6 is 0 Å². The SMILES string of the molecule is COc1cc(/C=N\NC(=O)Cc2ccc(F)cc2)cc(OC)c1OC(C)=O. The molecule has 0 heterocycles. The molecule has 0 bridgehead atoms. The smallest absolute Gasteiger partial charge is 0.308 e. The number of hydrogen-bond donors (Lipinski definition) is 1. The van der Waals surface area contributed by atoms with Crippen molar-refractivity contribution in [3.05, 3.63) is 53.3 Å². The summed E-state index contributed by atoms with van der Waals surface area (Å²) in [6.45, 7) is 1.27. The van der Waals surface area contributed by atoms with Gasteiger partial charge in [-0.15, -0.1) is 0 Å². The molecule has 2 rings (SSSR count). The van der Waals surface area contributed by atoms with E-state index in [4.69, 9.17) is 14.2 Å². The van der Waals surface area contributed by atoms with Crippen LogP contribution in [0.3, 0.4) is 0 Å². The maximum atomic E-state index is 12.9. The Kier molecular flexibility index (Phi) is 6.87. The fourth-order valence-corrected chi connectivity index (χ4v) is 2.23. The molecule has 142 valence electrons. The standard InChI is InChI=1S/C19H19FN2O5/c1-12(23)27-19-16(25-2)8-14(9-17(19)26-3)11-21-22-18(24)10-13-4-6-15(20)7-5-13/h4-9,11H,10H2,1-3H3,(H,22,24)/b21-11-. The quantitative estimate of drug-likeness (QED) is 0.348. The minimum absolute atomic E-state index is 0.0651. The van der Waals surface area contributed by atoms with E-state index >= 15 is 0 Å². The van der Waals surface area contributed by atoms with Crippen molar-refractivity contribution in [2.75, 3.05) is 14.2 Å². The van der Waals surface area contributed by atoms with Crippen LogP contribution in [0.1, 0.15) is 18.1 Å². The van der Waals surface area contributed by atoms with Gasteiger partial charge in [0, 0.05) is 12.5 Å². The molecule has 0 saturated carbocycles. The van der Waals surface area contributed by atoms with Crippen LogP contribution in [-0.4, -0.2) is 32.3 Å². The van der Waals surface area contributed by atoms with Crippen LogP contribution < -0.4 is 19.6 Å². The molecule has 1 N–H and O–H groups in total. The van der Waals surface area contributed by atoms with Crippen molar-refractivity contribution in [2.45, 2.75) is 13.3 Å². The van der Waals surface area contributed by atoms with E-state index in [1.54, 1.807) is 12.1 Å². The zero-order valence-corrected chi connectivity index (χ0v) is 15.1. The number of halogens is 1. The summed E-state index contributed by atoms with van der Waals surface area (Å²) in [5.41, 5.74) is 3.61. The summed E-state index contributed by atoms with van der Waals surface area (Å²) < 4.78 is 28.4. The van der Waals surface area contributed by atoms with Crippen LogP contribution in [0.4, 0.5) is 4.39 Å². The molecule has 0 aliphatic heterocycles. The number of carbonyl (C=O) groups excluding carboxylic acids is 2. The topological polar surface area (TPSA) is 86.2 Å². The first-order valence-electron chi connectivity index (χ1n) is 7.93. The number of methoxy groups -OCH3 is 2. The summed E-state index contributed by atoms with van der Waals surface area (Å²) in [4.78, 5) is 23.1. The lowest BCUT2D eigenvalue weighted by molar-refractivity contribution is -0.132. The van der Waals surface area contributed by atoms with Crippen molar-refractivity contribution in [1.82, 2.24) is 5.43 Å². The van der Waals surface area contributed by atoms with Crippen molar-refractivity contribution in [2.24, 2.45) is 5.10 Å². The molecule has 2 aromatic rings. The molecule has 8 heteroatoms. The van der Waals surface area contributed by atoms with Gasteiger partial charge in [-0.2, -0.15) is 5.10 Å². The van der Waals surface area contributed by atoms with Gasteiger partial charge >= 0.3 is 5.97 Å². The highest BCUT2D eigenvalue weighted by Gasteiger charge is 2.15. The second kappa shape index (κ2) is 9.33. The predicted molar refractivity (Wildman–Crippen MR) is 96.7 cm³/mol.